The number of fused-ring (bicyclic) bond motifs is 1. The Morgan fingerprint density at radius 2 is 1.78 bits per heavy atom. The van der Waals surface area contributed by atoms with Gasteiger partial charge in [0.05, 0.1) is 59.3 Å². The van der Waals surface area contributed by atoms with Crippen molar-refractivity contribution in [3.05, 3.63) is 89.3 Å². The van der Waals surface area contributed by atoms with E-state index in [1.807, 2.05) is 30.3 Å². The van der Waals surface area contributed by atoms with Crippen LogP contribution in [-0.2, 0) is 9.53 Å². The number of ether oxygens (including phenoxy) is 2. The number of nitrogens with zero attached hydrogens (tertiary/aromatic N) is 3. The summed E-state index contributed by atoms with van der Waals surface area (Å²) < 4.78 is 10.6. The summed E-state index contributed by atoms with van der Waals surface area (Å²) in [5.41, 5.74) is 4.64. The molecule has 1 aliphatic heterocycles. The molecule has 206 valence electrons. The summed E-state index contributed by atoms with van der Waals surface area (Å²) in [5, 5.41) is 10.2. The molecule has 9 nitrogen and oxygen atoms in total. The fourth-order valence-electron chi connectivity index (χ4n) is 5.12. The molecule has 0 unspecified atom stereocenters. The van der Waals surface area contributed by atoms with E-state index in [1.54, 1.807) is 31.2 Å². The number of carbonyl (C=O) groups excluding carboxylic acids is 3. The topological polar surface area (TPSA) is 125 Å². The van der Waals surface area contributed by atoms with E-state index >= 15 is 0 Å². The number of piperidine rings is 1. The smallest absolute Gasteiger partial charge is 0.338 e. The van der Waals surface area contributed by atoms with E-state index < -0.39 is 17.7 Å². The van der Waals surface area contributed by atoms with Crippen LogP contribution in [-0.4, -0.2) is 59.3 Å². The maximum absolute atomic E-state index is 13.5. The molecule has 2 aromatic carbocycles. The number of hydrogen-bond acceptors (Lipinski definition) is 7. The van der Waals surface area contributed by atoms with Crippen molar-refractivity contribution in [2.75, 3.05) is 26.8 Å². The molecule has 0 bridgehead atoms. The van der Waals surface area contributed by atoms with Crippen molar-refractivity contribution in [3.63, 3.8) is 0 Å². The number of Topliss-reactive ketones (excluding diaryl/α,β-unsaturated/α-hetero) is 1. The number of pyridine rings is 1. The zero-order chi connectivity index (χ0) is 28.9. The SMILES string of the molecule is CCOC(=O)c1cccc(-c2ncc(OC)c3c(C(=O)C(=O)N4CCC(=C(C#N)c5ccccc5)CC4)c[nH]c23)c1. The van der Waals surface area contributed by atoms with E-state index in [9.17, 15) is 19.6 Å². The molecule has 3 heterocycles. The third kappa shape index (κ3) is 5.32. The van der Waals surface area contributed by atoms with E-state index in [0.29, 0.717) is 65.0 Å². The van der Waals surface area contributed by atoms with Crippen LogP contribution < -0.4 is 4.74 Å². The maximum atomic E-state index is 13.5. The normalized spacial score (nSPS) is 13.0. The van der Waals surface area contributed by atoms with Gasteiger partial charge in [0.2, 0.25) is 0 Å². The van der Waals surface area contributed by atoms with Crippen molar-refractivity contribution in [3.8, 4) is 23.1 Å². The lowest BCUT2D eigenvalue weighted by molar-refractivity contribution is -0.126. The molecular weight excluding hydrogens is 520 g/mol. The molecule has 1 amide bonds. The van der Waals surface area contributed by atoms with E-state index in [1.165, 1.54) is 24.4 Å². The highest BCUT2D eigenvalue weighted by Gasteiger charge is 2.30. The van der Waals surface area contributed by atoms with Crippen LogP contribution in [0.25, 0.3) is 27.7 Å². The lowest BCUT2D eigenvalue weighted by Gasteiger charge is -2.28. The number of methoxy groups -OCH3 is 1. The maximum Gasteiger partial charge on any atom is 0.338 e. The number of rotatable bonds is 7. The highest BCUT2D eigenvalue weighted by molar-refractivity contribution is 6.45. The molecule has 4 aromatic rings. The first-order valence-corrected chi connectivity index (χ1v) is 13.3. The van der Waals surface area contributed by atoms with E-state index in [0.717, 1.165) is 11.1 Å². The van der Waals surface area contributed by atoms with Crippen molar-refractivity contribution in [2.45, 2.75) is 19.8 Å². The Hall–Kier alpha value is -5.23. The predicted molar refractivity (Wildman–Crippen MR) is 153 cm³/mol. The zero-order valence-electron chi connectivity index (χ0n) is 22.8. The van der Waals surface area contributed by atoms with Crippen LogP contribution in [0.4, 0.5) is 0 Å². The first kappa shape index (κ1) is 27.3. The number of nitriles is 1. The number of carbonyl (C=O) groups is 3. The van der Waals surface area contributed by atoms with Gasteiger partial charge in [-0.2, -0.15) is 5.26 Å². The molecule has 1 fully saturated rings. The molecule has 41 heavy (non-hydrogen) atoms. The van der Waals surface area contributed by atoms with Crippen LogP contribution in [0.1, 0.15) is 46.0 Å². The summed E-state index contributed by atoms with van der Waals surface area (Å²) in [4.78, 5) is 48.3. The van der Waals surface area contributed by atoms with Gasteiger partial charge in [-0.05, 0) is 43.0 Å². The molecule has 0 aliphatic carbocycles. The predicted octanol–water partition coefficient (Wildman–Crippen LogP) is 5.20. The van der Waals surface area contributed by atoms with Crippen LogP contribution in [0.5, 0.6) is 5.75 Å². The molecular formula is C32H28N4O5. The number of hydrogen-bond donors (Lipinski definition) is 1. The summed E-state index contributed by atoms with van der Waals surface area (Å²) >= 11 is 0. The number of aromatic amines is 1. The summed E-state index contributed by atoms with van der Waals surface area (Å²) in [5.74, 6) is -1.39. The number of nitrogens with one attached hydrogen (secondary N) is 1. The first-order chi connectivity index (χ1) is 20.0. The van der Waals surface area contributed by atoms with Gasteiger partial charge in [0.15, 0.2) is 0 Å². The minimum Gasteiger partial charge on any atom is -0.494 e. The lowest BCUT2D eigenvalue weighted by atomic mass is 9.93. The standard InChI is InChI=1S/C32H28N4O5/c1-3-41-32(39)23-11-7-10-22(16-23)28-29-27(26(40-2)19-35-28)25(18-34-29)30(37)31(38)36-14-12-21(13-15-36)24(17-33)20-8-5-4-6-9-20/h4-11,16,18-19,34H,3,12-15H2,1-2H3. The highest BCUT2D eigenvalue weighted by atomic mass is 16.5. The molecule has 1 N–H and O–H groups in total. The van der Waals surface area contributed by atoms with Crippen LogP contribution in [0.2, 0.25) is 0 Å². The quantitative estimate of drug-likeness (QED) is 0.146. The molecule has 2 aromatic heterocycles. The van der Waals surface area contributed by atoms with E-state index in [4.69, 9.17) is 9.47 Å². The van der Waals surface area contributed by atoms with Gasteiger partial charge in [-0.3, -0.25) is 14.6 Å². The number of likely N-dealkylation sites (tertiary alicyclic amines) is 1. The zero-order valence-corrected chi connectivity index (χ0v) is 22.8. The van der Waals surface area contributed by atoms with Crippen molar-refractivity contribution in [1.82, 2.24) is 14.9 Å². The monoisotopic (exact) mass is 548 g/mol. The van der Waals surface area contributed by atoms with Crippen molar-refractivity contribution < 1.29 is 23.9 Å². The molecule has 5 rings (SSSR count). The minimum absolute atomic E-state index is 0.176. The van der Waals surface area contributed by atoms with Gasteiger partial charge >= 0.3 is 5.97 Å². The summed E-state index contributed by atoms with van der Waals surface area (Å²) in [6.07, 6.45) is 4.01. The van der Waals surface area contributed by atoms with Crippen LogP contribution >= 0.6 is 0 Å². The Morgan fingerprint density at radius 1 is 1.05 bits per heavy atom. The Labute approximate surface area is 237 Å². The van der Waals surface area contributed by atoms with Gasteiger partial charge < -0.3 is 19.4 Å². The van der Waals surface area contributed by atoms with Gasteiger partial charge in [0.25, 0.3) is 11.7 Å². The second-order valence-corrected chi connectivity index (χ2v) is 9.51. The molecule has 0 atom stereocenters. The average molecular weight is 549 g/mol. The number of aromatic nitrogens is 2. The van der Waals surface area contributed by atoms with Gasteiger partial charge in [0, 0.05) is 24.8 Å². The second-order valence-electron chi connectivity index (χ2n) is 9.51. The van der Waals surface area contributed by atoms with Crippen molar-refractivity contribution >= 4 is 34.1 Å². The molecule has 0 radical (unpaired) electrons. The highest BCUT2D eigenvalue weighted by Crippen LogP contribution is 2.35. The van der Waals surface area contributed by atoms with Gasteiger partial charge in [-0.25, -0.2) is 4.79 Å². The number of benzene rings is 2. The Kier molecular flexibility index (Phi) is 7.92. The molecule has 1 saturated heterocycles. The number of H-pyrrole nitrogens is 1. The summed E-state index contributed by atoms with van der Waals surface area (Å²) in [6.45, 7) is 2.67. The van der Waals surface area contributed by atoms with Gasteiger partial charge in [0.1, 0.15) is 5.75 Å². The Bertz CT molecular complexity index is 1710. The van der Waals surface area contributed by atoms with Crippen LogP contribution in [0.3, 0.4) is 0 Å². The second kappa shape index (κ2) is 11.9. The van der Waals surface area contributed by atoms with Gasteiger partial charge in [-0.1, -0.05) is 42.5 Å². The third-order valence-corrected chi connectivity index (χ3v) is 7.16. The average Bonchev–Trinajstić information content (AvgIpc) is 3.47. The van der Waals surface area contributed by atoms with Crippen molar-refractivity contribution in [1.29, 1.82) is 5.26 Å². The summed E-state index contributed by atoms with van der Waals surface area (Å²) in [6, 6.07) is 18.6. The van der Waals surface area contributed by atoms with E-state index in [-0.39, 0.29) is 12.2 Å². The molecule has 0 spiro atoms. The number of allylic oxidation sites excluding steroid dienone is 1. The number of amides is 1. The van der Waals surface area contributed by atoms with Gasteiger partial charge in [-0.15, -0.1) is 0 Å². The lowest BCUT2D eigenvalue weighted by Crippen LogP contribution is -2.40. The Balaban J connectivity index is 1.42. The fourth-order valence-corrected chi connectivity index (χ4v) is 5.12. The molecule has 0 saturated carbocycles. The van der Waals surface area contributed by atoms with Crippen LogP contribution in [0.15, 0.2) is 72.6 Å². The van der Waals surface area contributed by atoms with Crippen molar-refractivity contribution in [2.24, 2.45) is 0 Å². The Morgan fingerprint density at radius 3 is 2.46 bits per heavy atom. The van der Waals surface area contributed by atoms with Crippen LogP contribution in [0, 0.1) is 11.3 Å². The number of ketones is 1. The molecule has 1 aliphatic rings. The summed E-state index contributed by atoms with van der Waals surface area (Å²) in [7, 11) is 1.47. The third-order valence-electron chi connectivity index (χ3n) is 7.16. The fraction of sp³-hybridized carbons (Fsp3) is 0.219. The minimum atomic E-state index is -0.664. The molecule has 9 heteroatoms. The largest absolute Gasteiger partial charge is 0.494 e. The first-order valence-electron chi connectivity index (χ1n) is 13.3. The van der Waals surface area contributed by atoms with E-state index in [2.05, 4.69) is 16.0 Å². The number of esters is 1.